The van der Waals surface area contributed by atoms with Crippen LogP contribution in [0.2, 0.25) is 0 Å². The molecule has 0 amide bonds. The molecule has 382 valence electrons. The van der Waals surface area contributed by atoms with Crippen molar-refractivity contribution in [3.63, 3.8) is 0 Å². The summed E-state index contributed by atoms with van der Waals surface area (Å²) < 4.78 is 0. The van der Waals surface area contributed by atoms with Gasteiger partial charge in [0.25, 0.3) is 0 Å². The summed E-state index contributed by atoms with van der Waals surface area (Å²) in [6.45, 7) is 12.8. The van der Waals surface area contributed by atoms with Crippen LogP contribution in [0.15, 0.2) is 131 Å². The van der Waals surface area contributed by atoms with Gasteiger partial charge < -0.3 is 20.2 Å². The van der Waals surface area contributed by atoms with E-state index in [4.69, 9.17) is 0 Å². The second kappa shape index (κ2) is 51.7. The van der Waals surface area contributed by atoms with Crippen LogP contribution in [0.4, 0.5) is 0 Å². The third-order valence-electron chi connectivity index (χ3n) is 9.86. The molecule has 0 aromatic heterocycles. The predicted octanol–water partition coefficient (Wildman–Crippen LogP) is 12.6. The molecule has 4 fully saturated rings. The first-order chi connectivity index (χ1) is 34.3. The molecule has 4 aromatic rings. The van der Waals surface area contributed by atoms with Crippen molar-refractivity contribution in [2.45, 2.75) is 79.1 Å². The van der Waals surface area contributed by atoms with E-state index in [0.29, 0.717) is 13.1 Å². The number of carbonyl (C=O) groups excluding carboxylic acids is 2. The van der Waals surface area contributed by atoms with Gasteiger partial charge in [0.15, 0.2) is 0 Å². The van der Waals surface area contributed by atoms with E-state index in [-0.39, 0.29) is 98.2 Å². The summed E-state index contributed by atoms with van der Waals surface area (Å²) in [5.74, 6) is 3.75. The van der Waals surface area contributed by atoms with E-state index in [1.165, 1.54) is 0 Å². The van der Waals surface area contributed by atoms with Gasteiger partial charge in [-0.05, 0) is 202 Å². The number of benzene rings is 4. The zero-order valence-electron chi connectivity index (χ0n) is 42.6. The molecule has 4 aliphatic carbocycles. The predicted molar refractivity (Wildman–Crippen MR) is 293 cm³/mol. The average molecular weight is 1270 g/mol. The zero-order valence-corrected chi connectivity index (χ0v) is 46.3. The Labute approximate surface area is 498 Å². The molecule has 4 aromatic carbocycles. The van der Waals surface area contributed by atoms with Crippen LogP contribution >= 0.6 is 0 Å². The SMILES string of the molecule is CCC(=C=O)c1ccccc1.CCC(=C=O)c1ccccc1.CCN=C([O-])C(CC)c1ccccc1.CCN=C([O-])C(CC)c1ccccc1.[CH]1[CH][CH][CH][CH]1.[CH]1[CH][CH][CH][CH]1.[CH]1[CH][CH][CH][CH]1.[CH]1[CH][CH][CH][CH]1.[Er+3].[Er+3]. The van der Waals surface area contributed by atoms with Crippen LogP contribution in [0.25, 0.3) is 11.1 Å². The molecule has 0 bridgehead atoms. The number of rotatable bonds is 12. The molecule has 22 radical (unpaired) electrons. The number of hydrogen-bond donors (Lipinski definition) is 0. The van der Waals surface area contributed by atoms with Gasteiger partial charge in [-0.15, -0.1) is 0 Å². The monoisotopic (exact) mass is 1260 g/mol. The minimum Gasteiger partial charge on any atom is -0.862 e. The topological polar surface area (TPSA) is 105 Å². The van der Waals surface area contributed by atoms with Crippen LogP contribution in [-0.4, -0.2) is 36.8 Å². The third kappa shape index (κ3) is 35.4. The molecule has 2 atom stereocenters. The Bertz CT molecular complexity index is 1770. The molecule has 0 heterocycles. The first-order valence-electron chi connectivity index (χ1n) is 24.1. The first kappa shape index (κ1) is 71.3. The fourth-order valence-electron chi connectivity index (χ4n) is 6.24. The smallest absolute Gasteiger partial charge is 0.862 e. The van der Waals surface area contributed by atoms with Crippen LogP contribution < -0.4 is 10.2 Å². The second-order valence-corrected chi connectivity index (χ2v) is 14.8. The van der Waals surface area contributed by atoms with Gasteiger partial charge in [0.1, 0.15) is 11.9 Å². The molecule has 0 saturated heterocycles. The maximum absolute atomic E-state index is 11.6. The molecule has 8 heteroatoms. The first-order valence-corrected chi connectivity index (χ1v) is 24.1. The van der Waals surface area contributed by atoms with Crippen molar-refractivity contribution < 1.29 is 94.4 Å². The number of aliphatic imine (C=N–C) groups is 2. The van der Waals surface area contributed by atoms with E-state index in [1.807, 2.05) is 303 Å². The molecule has 4 saturated carbocycles. The van der Waals surface area contributed by atoms with E-state index >= 15 is 0 Å². The molecule has 0 spiro atoms. The van der Waals surface area contributed by atoms with Crippen molar-refractivity contribution in [3.05, 3.63) is 272 Å². The van der Waals surface area contributed by atoms with Crippen molar-refractivity contribution in [3.8, 4) is 0 Å². The van der Waals surface area contributed by atoms with Crippen molar-refractivity contribution in [2.75, 3.05) is 13.1 Å². The minimum absolute atomic E-state index is 0. The third-order valence-corrected chi connectivity index (χ3v) is 9.86. The Morgan fingerprint density at radius 2 is 0.583 bits per heavy atom. The van der Waals surface area contributed by atoms with E-state index in [2.05, 4.69) is 9.98 Å². The summed E-state index contributed by atoms with van der Waals surface area (Å²) in [5.41, 5.74) is 5.57. The van der Waals surface area contributed by atoms with Gasteiger partial charge in [0, 0.05) is 36.1 Å². The van der Waals surface area contributed by atoms with E-state index in [1.54, 1.807) is 0 Å². The van der Waals surface area contributed by atoms with Crippen molar-refractivity contribution in [2.24, 2.45) is 9.98 Å². The number of allylic oxidation sites excluding steroid dienone is 2. The summed E-state index contributed by atoms with van der Waals surface area (Å²) in [6, 6.07) is 38.9. The Balaban J connectivity index is 0. The van der Waals surface area contributed by atoms with Gasteiger partial charge in [-0.25, -0.2) is 9.59 Å². The van der Waals surface area contributed by atoms with Crippen molar-refractivity contribution >= 4 is 34.8 Å². The van der Waals surface area contributed by atoms with Gasteiger partial charge in [-0.2, -0.15) is 0 Å². The maximum atomic E-state index is 11.6. The van der Waals surface area contributed by atoms with Crippen molar-refractivity contribution in [1.29, 1.82) is 0 Å². The largest absolute Gasteiger partial charge is 3.00 e. The number of hydrogen-bond acceptors (Lipinski definition) is 6. The Morgan fingerprint density at radius 1 is 0.375 bits per heavy atom. The van der Waals surface area contributed by atoms with Gasteiger partial charge in [0.2, 0.25) is 0 Å². The van der Waals surface area contributed by atoms with Gasteiger partial charge in [-0.1, -0.05) is 149 Å². The van der Waals surface area contributed by atoms with Gasteiger partial charge in [0.05, 0.1) is 0 Å². The minimum atomic E-state index is -0.0591. The molecule has 72 heavy (non-hydrogen) atoms. The quantitative estimate of drug-likeness (QED) is 0.0800. The van der Waals surface area contributed by atoms with Crippen LogP contribution in [0.3, 0.4) is 0 Å². The molecular formula is C64H72Er2N2O4+4. The maximum Gasteiger partial charge on any atom is 3.00 e. The van der Waals surface area contributed by atoms with E-state index in [9.17, 15) is 19.8 Å². The van der Waals surface area contributed by atoms with E-state index in [0.717, 1.165) is 59.1 Å². The van der Waals surface area contributed by atoms with E-state index < -0.39 is 0 Å². The molecule has 8 rings (SSSR count). The van der Waals surface area contributed by atoms with Crippen LogP contribution in [0.1, 0.15) is 101 Å². The molecule has 0 aliphatic heterocycles. The van der Waals surface area contributed by atoms with Crippen LogP contribution in [0, 0.1) is 203 Å². The summed E-state index contributed by atoms with van der Waals surface area (Å²) in [7, 11) is 0. The summed E-state index contributed by atoms with van der Waals surface area (Å²) >= 11 is 0. The molecule has 0 N–H and O–H groups in total. The van der Waals surface area contributed by atoms with Crippen LogP contribution in [-0.2, 0) is 9.59 Å². The summed E-state index contributed by atoms with van der Waals surface area (Å²) in [6.07, 6.45) is 43.1. The van der Waals surface area contributed by atoms with Crippen LogP contribution in [0.5, 0.6) is 0 Å². The average Bonchev–Trinajstić information content (AvgIpc) is 4.29. The van der Waals surface area contributed by atoms with Gasteiger partial charge in [-0.3, -0.25) is 0 Å². The molecule has 4 aliphatic rings. The number of nitrogens with zero attached hydrogens (tertiary/aromatic N) is 2. The fraction of sp³-hybridized carbons (Fsp3) is 0.219. The second-order valence-electron chi connectivity index (χ2n) is 14.8. The Hall–Kier alpha value is -2.79. The fourth-order valence-corrected chi connectivity index (χ4v) is 6.24. The molecule has 6 nitrogen and oxygen atoms in total. The standard InChI is InChI=1S/2C12H17NO.2C10H10O.4C5H5.2Er/c2*1-3-11(12(14)13-4-2)10-8-6-5-7-9-10;2*1-2-9(8-11)10-6-4-3-5-7-10;4*1-2-4-5-3-1;;/h2*5-9,11H,3-4H2,1-2H3,(H,13,14);2*3-7H,2H2,1H3;4*1-5H;;/q;;;;;;;;2*+3/p-2. The van der Waals surface area contributed by atoms with Gasteiger partial charge >= 0.3 is 74.6 Å². The van der Waals surface area contributed by atoms with Crippen molar-refractivity contribution in [1.82, 2.24) is 0 Å². The Morgan fingerprint density at radius 3 is 0.750 bits per heavy atom. The normalized spacial score (nSPS) is 14.8. The molecular weight excluding hydrogens is 1200 g/mol. The molecule has 2 unspecified atom stereocenters. The summed E-state index contributed by atoms with van der Waals surface area (Å²) in [5, 5.41) is 23.2. The summed E-state index contributed by atoms with van der Waals surface area (Å²) in [4.78, 5) is 28.6. The zero-order chi connectivity index (χ0) is 51.1. The Kier molecular flexibility index (Phi) is 51.2.